The maximum Gasteiger partial charge on any atom is 0.258 e. The van der Waals surface area contributed by atoms with Gasteiger partial charge in [0.1, 0.15) is 11.8 Å². The quantitative estimate of drug-likeness (QED) is 0.875. The van der Waals surface area contributed by atoms with Crippen LogP contribution in [0.2, 0.25) is 0 Å². The molecule has 0 aromatic heterocycles. The van der Waals surface area contributed by atoms with Gasteiger partial charge in [-0.2, -0.15) is 0 Å². The Kier molecular flexibility index (Phi) is 6.44. The van der Waals surface area contributed by atoms with Crippen LogP contribution in [0.1, 0.15) is 33.1 Å². The summed E-state index contributed by atoms with van der Waals surface area (Å²) >= 11 is 0. The van der Waals surface area contributed by atoms with Crippen LogP contribution in [0.5, 0.6) is 5.75 Å². The van der Waals surface area contributed by atoms with E-state index in [2.05, 4.69) is 5.32 Å². The van der Waals surface area contributed by atoms with Crippen LogP contribution in [-0.4, -0.2) is 42.5 Å². The third kappa shape index (κ3) is 5.27. The van der Waals surface area contributed by atoms with Crippen LogP contribution in [0, 0.1) is 5.92 Å². The third-order valence-corrected chi connectivity index (χ3v) is 4.03. The van der Waals surface area contributed by atoms with E-state index in [9.17, 15) is 9.59 Å². The van der Waals surface area contributed by atoms with Crippen molar-refractivity contribution in [1.82, 2.24) is 10.2 Å². The van der Waals surface area contributed by atoms with Gasteiger partial charge >= 0.3 is 0 Å². The second-order valence-electron chi connectivity index (χ2n) is 6.28. The fourth-order valence-corrected chi connectivity index (χ4v) is 2.71. The second-order valence-corrected chi connectivity index (χ2v) is 6.28. The molecule has 1 aliphatic rings. The number of nitrogens with one attached hydrogen (secondary N) is 1. The summed E-state index contributed by atoms with van der Waals surface area (Å²) in [6.45, 7) is 5.40. The zero-order valence-corrected chi connectivity index (χ0v) is 14.0. The molecule has 0 spiro atoms. The highest BCUT2D eigenvalue weighted by atomic mass is 16.5. The number of carbonyl (C=O) groups is 2. The Morgan fingerprint density at radius 3 is 2.39 bits per heavy atom. The van der Waals surface area contributed by atoms with Gasteiger partial charge in [0.05, 0.1) is 0 Å². The number of likely N-dealkylation sites (tertiary alicyclic amines) is 1. The van der Waals surface area contributed by atoms with Crippen LogP contribution < -0.4 is 10.1 Å². The molecule has 2 amide bonds. The minimum atomic E-state index is -0.486. The van der Waals surface area contributed by atoms with E-state index in [4.69, 9.17) is 4.74 Å². The number of nitrogens with zero attached hydrogens (tertiary/aromatic N) is 1. The molecule has 1 aromatic carbocycles. The molecule has 0 saturated carbocycles. The number of para-hydroxylation sites is 1. The first-order chi connectivity index (χ1) is 11.1. The standard InChI is InChI=1S/C18H26N2O3/c1-14(2)17(18(22)20-11-7-4-8-12-20)19-16(21)13-23-15-9-5-3-6-10-15/h3,5-6,9-10,14,17H,4,7-8,11-13H2,1-2H3,(H,19,21)/t17-/m0/s1. The maximum atomic E-state index is 12.6. The van der Waals surface area contributed by atoms with Gasteiger partial charge < -0.3 is 15.0 Å². The smallest absolute Gasteiger partial charge is 0.258 e. The first kappa shape index (κ1) is 17.3. The lowest BCUT2D eigenvalue weighted by atomic mass is 10.0. The van der Waals surface area contributed by atoms with Gasteiger partial charge in [-0.1, -0.05) is 32.0 Å². The predicted molar refractivity (Wildman–Crippen MR) is 89.1 cm³/mol. The molecule has 1 aromatic rings. The molecular weight excluding hydrogens is 292 g/mol. The number of benzene rings is 1. The highest BCUT2D eigenvalue weighted by Gasteiger charge is 2.29. The average molecular weight is 318 g/mol. The number of ether oxygens (including phenoxy) is 1. The van der Waals surface area contributed by atoms with Crippen molar-refractivity contribution in [2.24, 2.45) is 5.92 Å². The second kappa shape index (κ2) is 8.56. The lowest BCUT2D eigenvalue weighted by Crippen LogP contribution is -2.53. The van der Waals surface area contributed by atoms with Crippen molar-refractivity contribution in [3.63, 3.8) is 0 Å². The zero-order valence-electron chi connectivity index (χ0n) is 14.0. The highest BCUT2D eigenvalue weighted by Crippen LogP contribution is 2.13. The SMILES string of the molecule is CC(C)[C@H](NC(=O)COc1ccccc1)C(=O)N1CCCCC1. The summed E-state index contributed by atoms with van der Waals surface area (Å²) < 4.78 is 5.44. The average Bonchev–Trinajstić information content (AvgIpc) is 2.58. The molecule has 1 saturated heterocycles. The molecule has 1 fully saturated rings. The van der Waals surface area contributed by atoms with Gasteiger partial charge in [0.15, 0.2) is 6.61 Å². The van der Waals surface area contributed by atoms with Crippen LogP contribution in [0.4, 0.5) is 0 Å². The Bertz CT molecular complexity index is 510. The number of hydrogen-bond acceptors (Lipinski definition) is 3. The van der Waals surface area contributed by atoms with Crippen molar-refractivity contribution in [3.8, 4) is 5.75 Å². The lowest BCUT2D eigenvalue weighted by molar-refractivity contribution is -0.138. The number of rotatable bonds is 6. The van der Waals surface area contributed by atoms with Gasteiger partial charge in [-0.05, 0) is 37.3 Å². The summed E-state index contributed by atoms with van der Waals surface area (Å²) in [5.74, 6) is 0.446. The highest BCUT2D eigenvalue weighted by molar-refractivity contribution is 5.88. The van der Waals surface area contributed by atoms with Crippen LogP contribution in [0.15, 0.2) is 30.3 Å². The largest absolute Gasteiger partial charge is 0.484 e. The minimum Gasteiger partial charge on any atom is -0.484 e. The summed E-state index contributed by atoms with van der Waals surface area (Å²) in [6.07, 6.45) is 3.26. The molecule has 0 bridgehead atoms. The van der Waals surface area contributed by atoms with Crippen LogP contribution in [0.3, 0.4) is 0 Å². The molecule has 2 rings (SSSR count). The molecule has 0 aliphatic carbocycles. The van der Waals surface area contributed by atoms with Gasteiger partial charge in [0, 0.05) is 13.1 Å². The van der Waals surface area contributed by atoms with Crippen LogP contribution in [0.25, 0.3) is 0 Å². The molecule has 0 unspecified atom stereocenters. The number of piperidine rings is 1. The summed E-state index contributed by atoms with van der Waals surface area (Å²) in [5, 5.41) is 2.83. The summed E-state index contributed by atoms with van der Waals surface area (Å²) in [7, 11) is 0. The lowest BCUT2D eigenvalue weighted by Gasteiger charge is -2.32. The molecule has 5 heteroatoms. The van der Waals surface area contributed by atoms with Gasteiger partial charge in [-0.3, -0.25) is 9.59 Å². The molecule has 5 nitrogen and oxygen atoms in total. The van der Waals surface area contributed by atoms with Crippen molar-refractivity contribution < 1.29 is 14.3 Å². The van der Waals surface area contributed by atoms with Crippen LogP contribution in [-0.2, 0) is 9.59 Å². The minimum absolute atomic E-state index is 0.0211. The van der Waals surface area contributed by atoms with Crippen molar-refractivity contribution in [1.29, 1.82) is 0 Å². The molecular formula is C18H26N2O3. The first-order valence-electron chi connectivity index (χ1n) is 8.34. The Morgan fingerprint density at radius 2 is 1.78 bits per heavy atom. The monoisotopic (exact) mass is 318 g/mol. The van der Waals surface area contributed by atoms with E-state index in [1.165, 1.54) is 6.42 Å². The van der Waals surface area contributed by atoms with Gasteiger partial charge in [0.25, 0.3) is 5.91 Å². The van der Waals surface area contributed by atoms with E-state index in [1.807, 2.05) is 36.9 Å². The van der Waals surface area contributed by atoms with E-state index in [0.717, 1.165) is 25.9 Å². The van der Waals surface area contributed by atoms with Crippen molar-refractivity contribution in [2.75, 3.05) is 19.7 Å². The van der Waals surface area contributed by atoms with E-state index < -0.39 is 6.04 Å². The summed E-state index contributed by atoms with van der Waals surface area (Å²) in [4.78, 5) is 26.6. The summed E-state index contributed by atoms with van der Waals surface area (Å²) in [5.41, 5.74) is 0. The fourth-order valence-electron chi connectivity index (χ4n) is 2.71. The first-order valence-corrected chi connectivity index (χ1v) is 8.34. The normalized spacial score (nSPS) is 16.0. The van der Waals surface area contributed by atoms with Crippen molar-refractivity contribution in [3.05, 3.63) is 30.3 Å². The molecule has 1 heterocycles. The Balaban J connectivity index is 1.87. The molecule has 1 aliphatic heterocycles. The van der Waals surface area contributed by atoms with Crippen molar-refractivity contribution in [2.45, 2.75) is 39.2 Å². The third-order valence-electron chi connectivity index (χ3n) is 4.03. The van der Waals surface area contributed by atoms with Gasteiger partial charge in [-0.15, -0.1) is 0 Å². The van der Waals surface area contributed by atoms with Gasteiger partial charge in [0.2, 0.25) is 5.91 Å². The molecule has 126 valence electrons. The number of hydrogen-bond donors (Lipinski definition) is 1. The Morgan fingerprint density at radius 1 is 1.13 bits per heavy atom. The molecule has 1 N–H and O–H groups in total. The van der Waals surface area contributed by atoms with Crippen LogP contribution >= 0.6 is 0 Å². The Labute approximate surface area is 138 Å². The van der Waals surface area contributed by atoms with E-state index in [-0.39, 0.29) is 24.3 Å². The number of carbonyl (C=O) groups excluding carboxylic acids is 2. The fraction of sp³-hybridized carbons (Fsp3) is 0.556. The summed E-state index contributed by atoms with van der Waals surface area (Å²) in [6, 6.07) is 8.70. The topological polar surface area (TPSA) is 58.6 Å². The van der Waals surface area contributed by atoms with E-state index >= 15 is 0 Å². The number of amides is 2. The van der Waals surface area contributed by atoms with E-state index in [0.29, 0.717) is 5.75 Å². The maximum absolute atomic E-state index is 12.6. The molecule has 0 radical (unpaired) electrons. The van der Waals surface area contributed by atoms with Crippen molar-refractivity contribution >= 4 is 11.8 Å². The Hall–Kier alpha value is -2.04. The molecule has 23 heavy (non-hydrogen) atoms. The van der Waals surface area contributed by atoms with Gasteiger partial charge in [-0.25, -0.2) is 0 Å². The molecule has 1 atom stereocenters. The van der Waals surface area contributed by atoms with E-state index in [1.54, 1.807) is 12.1 Å². The predicted octanol–water partition coefficient (Wildman–Crippen LogP) is 2.22. The zero-order chi connectivity index (χ0) is 16.7.